The first kappa shape index (κ1) is 27.6. The Bertz CT molecular complexity index is 1380. The summed E-state index contributed by atoms with van der Waals surface area (Å²) >= 11 is 0. The van der Waals surface area contributed by atoms with Crippen LogP contribution >= 0.6 is 0 Å². The standard InChI is InChI=1S/C31H38N6O3/c1-21(38)37-20-31(2,3)26-8-7-24(17-27(26)37)35-30(39)25-6-5-12-33-29(25)34-18-23-9-13-32-28(16-23)40-19-22-10-14-36(4)15-11-22/h5-9,12-13,16-17,22H,10-11,14-15,18-20H2,1-4H3,(H,33,34)(H,35,39). The Morgan fingerprint density at radius 3 is 2.65 bits per heavy atom. The predicted molar refractivity (Wildman–Crippen MR) is 157 cm³/mol. The molecule has 1 aromatic carbocycles. The number of ether oxygens (including phenoxy) is 1. The molecule has 2 N–H and O–H groups in total. The minimum atomic E-state index is -0.279. The molecule has 0 bridgehead atoms. The van der Waals surface area contributed by atoms with E-state index in [0.29, 0.717) is 48.6 Å². The summed E-state index contributed by atoms with van der Waals surface area (Å²) in [6.07, 6.45) is 5.68. The van der Waals surface area contributed by atoms with E-state index in [1.165, 1.54) is 0 Å². The molecule has 0 unspecified atom stereocenters. The lowest BCUT2D eigenvalue weighted by atomic mass is 9.87. The highest BCUT2D eigenvalue weighted by molar-refractivity contribution is 6.08. The van der Waals surface area contributed by atoms with Crippen molar-refractivity contribution in [3.8, 4) is 5.88 Å². The lowest BCUT2D eigenvalue weighted by Gasteiger charge is -2.28. The van der Waals surface area contributed by atoms with Gasteiger partial charge in [-0.3, -0.25) is 9.59 Å². The number of rotatable bonds is 8. The normalized spacial score (nSPS) is 16.9. The number of hydrogen-bond acceptors (Lipinski definition) is 7. The number of carbonyl (C=O) groups is 2. The average molecular weight is 543 g/mol. The average Bonchev–Trinajstić information content (AvgIpc) is 3.22. The van der Waals surface area contributed by atoms with Crippen LogP contribution in [0.4, 0.5) is 17.2 Å². The summed E-state index contributed by atoms with van der Waals surface area (Å²) in [5.74, 6) is 1.35. The number of pyridine rings is 2. The Labute approximate surface area is 236 Å². The number of benzene rings is 1. The van der Waals surface area contributed by atoms with Crippen molar-refractivity contribution in [1.82, 2.24) is 14.9 Å². The van der Waals surface area contributed by atoms with Crippen molar-refractivity contribution in [2.45, 2.75) is 45.6 Å². The van der Waals surface area contributed by atoms with Crippen LogP contribution in [-0.4, -0.2) is 60.0 Å². The molecule has 0 saturated carbocycles. The zero-order chi connectivity index (χ0) is 28.3. The molecule has 9 nitrogen and oxygen atoms in total. The van der Waals surface area contributed by atoms with Gasteiger partial charge in [-0.05, 0) is 80.4 Å². The van der Waals surface area contributed by atoms with Gasteiger partial charge in [0.05, 0.1) is 12.2 Å². The van der Waals surface area contributed by atoms with E-state index in [2.05, 4.69) is 46.4 Å². The van der Waals surface area contributed by atoms with Gasteiger partial charge in [-0.1, -0.05) is 19.9 Å². The molecule has 40 heavy (non-hydrogen) atoms. The second-order valence-electron chi connectivity index (χ2n) is 11.5. The number of amides is 2. The number of carbonyl (C=O) groups excluding carboxylic acids is 2. The highest BCUT2D eigenvalue weighted by Crippen LogP contribution is 2.41. The van der Waals surface area contributed by atoms with E-state index in [1.54, 1.807) is 36.4 Å². The monoisotopic (exact) mass is 542 g/mol. The molecular weight excluding hydrogens is 504 g/mol. The maximum atomic E-state index is 13.3. The molecule has 2 aromatic heterocycles. The highest BCUT2D eigenvalue weighted by atomic mass is 16.5. The van der Waals surface area contributed by atoms with Gasteiger partial charge in [-0.15, -0.1) is 0 Å². The van der Waals surface area contributed by atoms with Gasteiger partial charge in [0, 0.05) is 55.3 Å². The molecule has 0 aliphatic carbocycles. The van der Waals surface area contributed by atoms with Gasteiger partial charge in [0.25, 0.3) is 5.91 Å². The Morgan fingerprint density at radius 1 is 1.07 bits per heavy atom. The fraction of sp³-hybridized carbons (Fsp3) is 0.419. The van der Waals surface area contributed by atoms with E-state index in [-0.39, 0.29) is 17.2 Å². The van der Waals surface area contributed by atoms with Crippen molar-refractivity contribution < 1.29 is 14.3 Å². The minimum Gasteiger partial charge on any atom is -0.477 e. The van der Waals surface area contributed by atoms with Gasteiger partial charge < -0.3 is 25.2 Å². The molecule has 2 aliphatic rings. The van der Waals surface area contributed by atoms with Crippen molar-refractivity contribution in [1.29, 1.82) is 0 Å². The Balaban J connectivity index is 1.23. The van der Waals surface area contributed by atoms with Crippen LogP contribution in [0, 0.1) is 5.92 Å². The van der Waals surface area contributed by atoms with Gasteiger partial charge >= 0.3 is 0 Å². The van der Waals surface area contributed by atoms with E-state index in [9.17, 15) is 9.59 Å². The molecule has 0 spiro atoms. The molecule has 2 aliphatic heterocycles. The van der Waals surface area contributed by atoms with E-state index < -0.39 is 0 Å². The molecule has 1 saturated heterocycles. The third-order valence-electron chi connectivity index (χ3n) is 7.83. The predicted octanol–water partition coefficient (Wildman–Crippen LogP) is 4.71. The molecule has 3 aromatic rings. The second-order valence-corrected chi connectivity index (χ2v) is 11.5. The number of fused-ring (bicyclic) bond motifs is 1. The first-order valence-electron chi connectivity index (χ1n) is 13.9. The van der Waals surface area contributed by atoms with Crippen molar-refractivity contribution in [3.05, 3.63) is 71.5 Å². The van der Waals surface area contributed by atoms with Crippen molar-refractivity contribution in [3.63, 3.8) is 0 Å². The van der Waals surface area contributed by atoms with Crippen LogP contribution in [-0.2, 0) is 16.8 Å². The third kappa shape index (κ3) is 6.25. The van der Waals surface area contributed by atoms with Gasteiger partial charge in [0.2, 0.25) is 11.8 Å². The van der Waals surface area contributed by atoms with Crippen LogP contribution < -0.4 is 20.3 Å². The number of hydrogen-bond donors (Lipinski definition) is 2. The summed E-state index contributed by atoms with van der Waals surface area (Å²) in [5, 5.41) is 6.28. The Morgan fingerprint density at radius 2 is 1.88 bits per heavy atom. The quantitative estimate of drug-likeness (QED) is 0.425. The van der Waals surface area contributed by atoms with E-state index in [1.807, 2.05) is 30.3 Å². The van der Waals surface area contributed by atoms with E-state index >= 15 is 0 Å². The molecule has 0 radical (unpaired) electrons. The highest BCUT2D eigenvalue weighted by Gasteiger charge is 2.37. The fourth-order valence-corrected chi connectivity index (χ4v) is 5.44. The Kier molecular flexibility index (Phi) is 8.02. The summed E-state index contributed by atoms with van der Waals surface area (Å²) < 4.78 is 6.01. The molecule has 4 heterocycles. The number of nitrogens with zero attached hydrogens (tertiary/aromatic N) is 4. The summed E-state index contributed by atoms with van der Waals surface area (Å²) in [7, 11) is 2.16. The molecule has 1 fully saturated rings. The van der Waals surface area contributed by atoms with E-state index in [0.717, 1.165) is 42.7 Å². The van der Waals surface area contributed by atoms with Crippen LogP contribution in [0.3, 0.4) is 0 Å². The molecule has 210 valence electrons. The molecule has 0 atom stereocenters. The molecule has 5 rings (SSSR count). The number of likely N-dealkylation sites (tertiary alicyclic amines) is 1. The number of anilines is 3. The lowest BCUT2D eigenvalue weighted by Crippen LogP contribution is -2.32. The molecule has 9 heteroatoms. The zero-order valence-electron chi connectivity index (χ0n) is 23.7. The van der Waals surface area contributed by atoms with Crippen LogP contribution in [0.15, 0.2) is 54.9 Å². The first-order chi connectivity index (χ1) is 19.2. The molecule has 2 amide bonds. The van der Waals surface area contributed by atoms with Crippen LogP contribution in [0.25, 0.3) is 0 Å². The fourth-order valence-electron chi connectivity index (χ4n) is 5.44. The van der Waals surface area contributed by atoms with Crippen molar-refractivity contribution in [2.24, 2.45) is 5.92 Å². The summed E-state index contributed by atoms with van der Waals surface area (Å²) in [6.45, 7) is 9.77. The largest absolute Gasteiger partial charge is 0.477 e. The number of piperidine rings is 1. The summed E-state index contributed by atoms with van der Waals surface area (Å²) in [4.78, 5) is 38.4. The number of nitrogens with one attached hydrogen (secondary N) is 2. The maximum absolute atomic E-state index is 13.3. The van der Waals surface area contributed by atoms with E-state index in [4.69, 9.17) is 4.74 Å². The summed E-state index contributed by atoms with van der Waals surface area (Å²) in [5.41, 5.74) is 3.83. The van der Waals surface area contributed by atoms with Crippen molar-refractivity contribution >= 4 is 29.0 Å². The zero-order valence-corrected chi connectivity index (χ0v) is 23.7. The van der Waals surface area contributed by atoms with Crippen LogP contribution in [0.2, 0.25) is 0 Å². The topological polar surface area (TPSA) is 99.7 Å². The second kappa shape index (κ2) is 11.6. The van der Waals surface area contributed by atoms with Gasteiger partial charge in [0.15, 0.2) is 0 Å². The smallest absolute Gasteiger partial charge is 0.259 e. The minimum absolute atomic E-state index is 0.0134. The summed E-state index contributed by atoms with van der Waals surface area (Å²) in [6, 6.07) is 13.1. The number of aromatic nitrogens is 2. The van der Waals surface area contributed by atoms with Gasteiger partial charge in [-0.2, -0.15) is 0 Å². The molecular formula is C31H38N6O3. The SMILES string of the molecule is CC(=O)N1CC(C)(C)c2ccc(NC(=O)c3cccnc3NCc3ccnc(OCC4CCN(C)CC4)c3)cc21. The van der Waals surface area contributed by atoms with Crippen molar-refractivity contribution in [2.75, 3.05) is 48.8 Å². The maximum Gasteiger partial charge on any atom is 0.259 e. The first-order valence-corrected chi connectivity index (χ1v) is 13.9. The van der Waals surface area contributed by atoms with Gasteiger partial charge in [0.1, 0.15) is 5.82 Å². The van der Waals surface area contributed by atoms with Crippen LogP contribution in [0.5, 0.6) is 5.88 Å². The lowest BCUT2D eigenvalue weighted by molar-refractivity contribution is -0.116. The Hall–Kier alpha value is -3.98. The van der Waals surface area contributed by atoms with Gasteiger partial charge in [-0.25, -0.2) is 9.97 Å². The van der Waals surface area contributed by atoms with Crippen LogP contribution in [0.1, 0.15) is 55.1 Å². The third-order valence-corrected chi connectivity index (χ3v) is 7.83.